The second kappa shape index (κ2) is 3.06. The van der Waals surface area contributed by atoms with Gasteiger partial charge in [0.05, 0.1) is 17.2 Å². The smallest absolute Gasteiger partial charge is 0.258 e. The molecule has 0 saturated carbocycles. The molecule has 0 aliphatic rings. The van der Waals surface area contributed by atoms with E-state index in [4.69, 9.17) is 0 Å². The van der Waals surface area contributed by atoms with Gasteiger partial charge in [0.1, 0.15) is 0 Å². The number of rotatable bonds is 1. The highest BCUT2D eigenvalue weighted by Gasteiger charge is 2.03. The minimum atomic E-state index is -0.190. The largest absolute Gasteiger partial charge is 0.313 e. The zero-order valence-electron chi connectivity index (χ0n) is 7.57. The predicted molar refractivity (Wildman–Crippen MR) is 52.4 cm³/mol. The first-order chi connectivity index (χ1) is 6.68. The van der Waals surface area contributed by atoms with Crippen LogP contribution in [0.1, 0.15) is 17.3 Å². The Labute approximate surface area is 79.6 Å². The Kier molecular flexibility index (Phi) is 1.89. The monoisotopic (exact) mass is 188 g/mol. The number of nitrogens with zero attached hydrogens (tertiary/aromatic N) is 1. The zero-order chi connectivity index (χ0) is 10.1. The number of aromatic nitrogens is 2. The van der Waals surface area contributed by atoms with Gasteiger partial charge in [0, 0.05) is 5.56 Å². The first-order valence-electron chi connectivity index (χ1n) is 4.17. The van der Waals surface area contributed by atoms with Crippen molar-refractivity contribution in [2.45, 2.75) is 6.92 Å². The lowest BCUT2D eigenvalue weighted by atomic mass is 10.1. The molecule has 2 aromatic rings. The Morgan fingerprint density at radius 1 is 1.43 bits per heavy atom. The van der Waals surface area contributed by atoms with Crippen LogP contribution in [0.5, 0.6) is 0 Å². The topological polar surface area (TPSA) is 62.8 Å². The molecule has 0 radical (unpaired) electrons. The van der Waals surface area contributed by atoms with E-state index in [1.54, 1.807) is 18.2 Å². The summed E-state index contributed by atoms with van der Waals surface area (Å²) in [5, 5.41) is 0.498. The van der Waals surface area contributed by atoms with Crippen LogP contribution in [0, 0.1) is 0 Å². The SMILES string of the molecule is CC(=O)c1ccc2c(=O)[nH]cnc2c1. The molecule has 1 N–H and O–H groups in total. The van der Waals surface area contributed by atoms with Crippen LogP contribution in [0.25, 0.3) is 10.9 Å². The van der Waals surface area contributed by atoms with Gasteiger partial charge in [0.15, 0.2) is 5.78 Å². The number of hydrogen-bond acceptors (Lipinski definition) is 3. The van der Waals surface area contributed by atoms with Gasteiger partial charge in [-0.2, -0.15) is 0 Å². The number of benzene rings is 1. The third-order valence-electron chi connectivity index (χ3n) is 2.05. The van der Waals surface area contributed by atoms with Crippen LogP contribution >= 0.6 is 0 Å². The minimum Gasteiger partial charge on any atom is -0.313 e. The van der Waals surface area contributed by atoms with E-state index in [0.29, 0.717) is 16.5 Å². The maximum atomic E-state index is 11.3. The summed E-state index contributed by atoms with van der Waals surface area (Å²) in [6, 6.07) is 4.85. The molecule has 0 atom stereocenters. The summed E-state index contributed by atoms with van der Waals surface area (Å²) in [6.07, 6.45) is 1.33. The fourth-order valence-corrected chi connectivity index (χ4v) is 1.29. The van der Waals surface area contributed by atoms with Crippen molar-refractivity contribution in [1.29, 1.82) is 0 Å². The molecule has 0 fully saturated rings. The minimum absolute atomic E-state index is 0.0334. The molecular formula is C10H8N2O2. The van der Waals surface area contributed by atoms with Gasteiger partial charge in [-0.15, -0.1) is 0 Å². The first kappa shape index (κ1) is 8.62. The summed E-state index contributed by atoms with van der Waals surface area (Å²) in [4.78, 5) is 28.8. The van der Waals surface area contributed by atoms with Crippen molar-refractivity contribution in [3.05, 3.63) is 40.4 Å². The molecule has 1 aromatic heterocycles. The fraction of sp³-hybridized carbons (Fsp3) is 0.100. The molecule has 0 saturated heterocycles. The Morgan fingerprint density at radius 3 is 2.93 bits per heavy atom. The summed E-state index contributed by atoms with van der Waals surface area (Å²) in [6.45, 7) is 1.48. The Morgan fingerprint density at radius 2 is 2.21 bits per heavy atom. The number of carbonyl (C=O) groups excluding carboxylic acids is 1. The van der Waals surface area contributed by atoms with Gasteiger partial charge in [0.2, 0.25) is 0 Å². The third-order valence-corrected chi connectivity index (χ3v) is 2.05. The van der Waals surface area contributed by atoms with Crippen LogP contribution in [-0.4, -0.2) is 15.8 Å². The van der Waals surface area contributed by atoms with Gasteiger partial charge in [-0.3, -0.25) is 9.59 Å². The summed E-state index contributed by atoms with van der Waals surface area (Å²) in [5.41, 5.74) is 0.919. The molecule has 70 valence electrons. The van der Waals surface area contributed by atoms with Crippen LogP contribution in [0.3, 0.4) is 0 Å². The molecule has 1 aromatic carbocycles. The average molecular weight is 188 g/mol. The van der Waals surface area contributed by atoms with Crippen molar-refractivity contribution >= 4 is 16.7 Å². The number of carbonyl (C=O) groups is 1. The van der Waals surface area contributed by atoms with E-state index in [1.807, 2.05) is 0 Å². The van der Waals surface area contributed by atoms with Crippen molar-refractivity contribution < 1.29 is 4.79 Å². The quantitative estimate of drug-likeness (QED) is 0.682. The number of Topliss-reactive ketones (excluding diaryl/α,β-unsaturated/α-hetero) is 1. The van der Waals surface area contributed by atoms with Crippen molar-refractivity contribution in [3.8, 4) is 0 Å². The molecular weight excluding hydrogens is 180 g/mol. The summed E-state index contributed by atoms with van der Waals surface area (Å²) in [5.74, 6) is -0.0334. The highest BCUT2D eigenvalue weighted by molar-refractivity contribution is 5.97. The van der Waals surface area contributed by atoms with Crippen LogP contribution in [0.15, 0.2) is 29.3 Å². The molecule has 0 unspecified atom stereocenters. The van der Waals surface area contributed by atoms with Crippen LogP contribution in [0.2, 0.25) is 0 Å². The standard InChI is InChI=1S/C10H8N2O2/c1-6(13)7-2-3-8-9(4-7)11-5-12-10(8)14/h2-5H,1H3,(H,11,12,14). The number of nitrogens with one attached hydrogen (secondary N) is 1. The van der Waals surface area contributed by atoms with Crippen LogP contribution < -0.4 is 5.56 Å². The summed E-state index contributed by atoms with van der Waals surface area (Å²) >= 11 is 0. The maximum absolute atomic E-state index is 11.3. The summed E-state index contributed by atoms with van der Waals surface area (Å²) < 4.78 is 0. The molecule has 0 aliphatic carbocycles. The molecule has 14 heavy (non-hydrogen) atoms. The molecule has 0 bridgehead atoms. The van der Waals surface area contributed by atoms with E-state index in [9.17, 15) is 9.59 Å². The highest BCUT2D eigenvalue weighted by atomic mass is 16.1. The molecule has 4 nitrogen and oxygen atoms in total. The predicted octanol–water partition coefficient (Wildman–Crippen LogP) is 1.13. The maximum Gasteiger partial charge on any atom is 0.258 e. The highest BCUT2D eigenvalue weighted by Crippen LogP contribution is 2.09. The van der Waals surface area contributed by atoms with Crippen LogP contribution in [-0.2, 0) is 0 Å². The molecule has 0 amide bonds. The fourth-order valence-electron chi connectivity index (χ4n) is 1.29. The number of fused-ring (bicyclic) bond motifs is 1. The van der Waals surface area contributed by atoms with Crippen molar-refractivity contribution in [2.24, 2.45) is 0 Å². The van der Waals surface area contributed by atoms with E-state index in [1.165, 1.54) is 13.3 Å². The third kappa shape index (κ3) is 1.31. The lowest BCUT2D eigenvalue weighted by molar-refractivity contribution is 0.101. The van der Waals surface area contributed by atoms with Crippen LogP contribution in [0.4, 0.5) is 0 Å². The van der Waals surface area contributed by atoms with E-state index >= 15 is 0 Å². The van der Waals surface area contributed by atoms with E-state index in [-0.39, 0.29) is 11.3 Å². The molecule has 0 spiro atoms. The molecule has 0 aliphatic heterocycles. The molecule has 4 heteroatoms. The van der Waals surface area contributed by atoms with Gasteiger partial charge in [-0.25, -0.2) is 4.98 Å². The zero-order valence-corrected chi connectivity index (χ0v) is 7.57. The van der Waals surface area contributed by atoms with E-state index in [2.05, 4.69) is 9.97 Å². The molecule has 2 rings (SSSR count). The summed E-state index contributed by atoms with van der Waals surface area (Å²) in [7, 11) is 0. The van der Waals surface area contributed by atoms with Gasteiger partial charge >= 0.3 is 0 Å². The number of ketones is 1. The van der Waals surface area contributed by atoms with Gasteiger partial charge < -0.3 is 4.98 Å². The Hall–Kier alpha value is -1.97. The van der Waals surface area contributed by atoms with Gasteiger partial charge in [0.25, 0.3) is 5.56 Å². The number of aromatic amines is 1. The lowest BCUT2D eigenvalue weighted by Crippen LogP contribution is -2.06. The lowest BCUT2D eigenvalue weighted by Gasteiger charge is -1.97. The molecule has 1 heterocycles. The van der Waals surface area contributed by atoms with Gasteiger partial charge in [-0.1, -0.05) is 6.07 Å². The number of hydrogen-bond donors (Lipinski definition) is 1. The second-order valence-electron chi connectivity index (χ2n) is 3.02. The normalized spacial score (nSPS) is 10.4. The van der Waals surface area contributed by atoms with Crippen molar-refractivity contribution in [2.75, 3.05) is 0 Å². The second-order valence-corrected chi connectivity index (χ2v) is 3.02. The Bertz CT molecular complexity index is 557. The van der Waals surface area contributed by atoms with E-state index < -0.39 is 0 Å². The van der Waals surface area contributed by atoms with Crippen molar-refractivity contribution in [1.82, 2.24) is 9.97 Å². The first-order valence-corrected chi connectivity index (χ1v) is 4.17. The van der Waals surface area contributed by atoms with Crippen molar-refractivity contribution in [3.63, 3.8) is 0 Å². The Balaban J connectivity index is 2.80. The average Bonchev–Trinajstić information content (AvgIpc) is 2.17. The van der Waals surface area contributed by atoms with E-state index in [0.717, 1.165) is 0 Å². The number of H-pyrrole nitrogens is 1. The van der Waals surface area contributed by atoms with Gasteiger partial charge in [-0.05, 0) is 19.1 Å².